The van der Waals surface area contributed by atoms with Gasteiger partial charge in [-0.05, 0) is 6.07 Å². The normalized spacial score (nSPS) is 9.27. The van der Waals surface area contributed by atoms with E-state index in [9.17, 15) is 10.1 Å². The summed E-state index contributed by atoms with van der Waals surface area (Å²) >= 11 is 0. The van der Waals surface area contributed by atoms with E-state index < -0.39 is 4.92 Å². The molecule has 0 amide bonds. The summed E-state index contributed by atoms with van der Waals surface area (Å²) in [6.45, 7) is 0. The van der Waals surface area contributed by atoms with Gasteiger partial charge in [-0.3, -0.25) is 10.1 Å². The smallest absolute Gasteiger partial charge is 0.270 e. The number of halogens is 3. The van der Waals surface area contributed by atoms with E-state index in [1.807, 2.05) is 25.5 Å². The zero-order chi connectivity index (χ0) is 16.4. The number of nitrogen functional groups attached to an aromatic ring is 1. The van der Waals surface area contributed by atoms with E-state index in [1.54, 1.807) is 22.8 Å². The van der Waals surface area contributed by atoms with Gasteiger partial charge in [0.05, 0.1) is 16.3 Å². The van der Waals surface area contributed by atoms with E-state index in [1.165, 1.54) is 12.1 Å². The molecule has 2 heterocycles. The van der Waals surface area contributed by atoms with Crippen molar-refractivity contribution in [2.45, 2.75) is 0 Å². The third-order valence-electron chi connectivity index (χ3n) is 3.33. The highest BCUT2D eigenvalue weighted by atomic mass is 35.5. The fraction of sp³-hybridized carbons (Fsp3) is 0.0667. The van der Waals surface area contributed by atoms with Crippen LogP contribution in [0, 0.1) is 10.1 Å². The molecule has 140 valence electrons. The summed E-state index contributed by atoms with van der Waals surface area (Å²) in [6, 6.07) is 9.87. The highest BCUT2D eigenvalue weighted by Gasteiger charge is 2.11. The number of nitrogens with zero attached hydrogens (tertiary/aromatic N) is 4. The second-order valence-electron chi connectivity index (χ2n) is 4.83. The second-order valence-corrected chi connectivity index (χ2v) is 4.83. The highest BCUT2D eigenvalue weighted by Crippen LogP contribution is 2.24. The van der Waals surface area contributed by atoms with E-state index in [-0.39, 0.29) is 48.9 Å². The molecule has 0 aliphatic carbocycles. The number of nitrogens with two attached hydrogens (primary N) is 1. The Morgan fingerprint density at radius 1 is 1.15 bits per heavy atom. The minimum atomic E-state index is -0.444. The molecule has 0 radical (unpaired) electrons. The van der Waals surface area contributed by atoms with Crippen LogP contribution >= 0.6 is 37.2 Å². The van der Waals surface area contributed by atoms with Gasteiger partial charge in [-0.25, -0.2) is 4.98 Å². The van der Waals surface area contributed by atoms with Crippen molar-refractivity contribution in [1.29, 1.82) is 0 Å². The van der Waals surface area contributed by atoms with Crippen LogP contribution in [0.2, 0.25) is 0 Å². The number of non-ortho nitro benzene ring substituents is 1. The van der Waals surface area contributed by atoms with E-state index in [2.05, 4.69) is 15.3 Å². The van der Waals surface area contributed by atoms with Crippen LogP contribution in [0.5, 0.6) is 0 Å². The summed E-state index contributed by atoms with van der Waals surface area (Å²) < 4.78 is 1.80. The van der Waals surface area contributed by atoms with Crippen LogP contribution in [-0.2, 0) is 0 Å². The minimum Gasteiger partial charge on any atom is -0.387 e. The van der Waals surface area contributed by atoms with Gasteiger partial charge in [0.1, 0.15) is 5.82 Å². The highest BCUT2D eigenvalue weighted by molar-refractivity contribution is 5.86. The van der Waals surface area contributed by atoms with Crippen LogP contribution in [0.1, 0.15) is 0 Å². The van der Waals surface area contributed by atoms with Gasteiger partial charge in [0.15, 0.2) is 0 Å². The molecule has 0 fully saturated rings. The molecular formula is C15H17Cl3N6O2. The second kappa shape index (κ2) is 9.81. The lowest BCUT2D eigenvalue weighted by Crippen LogP contribution is -2.03. The minimum absolute atomic E-state index is 0. The van der Waals surface area contributed by atoms with Gasteiger partial charge in [0, 0.05) is 43.2 Å². The lowest BCUT2D eigenvalue weighted by Gasteiger charge is -2.07. The van der Waals surface area contributed by atoms with Gasteiger partial charge >= 0.3 is 0 Å². The lowest BCUT2D eigenvalue weighted by atomic mass is 10.1. The zero-order valence-corrected chi connectivity index (χ0v) is 16.0. The summed E-state index contributed by atoms with van der Waals surface area (Å²) in [7, 11) is 1.82. The van der Waals surface area contributed by atoms with Crippen molar-refractivity contribution >= 4 is 54.5 Å². The summed E-state index contributed by atoms with van der Waals surface area (Å²) in [4.78, 5) is 18.8. The third kappa shape index (κ3) is 4.98. The van der Waals surface area contributed by atoms with Crippen LogP contribution in [-0.4, -0.2) is 26.5 Å². The van der Waals surface area contributed by atoms with E-state index in [4.69, 9.17) is 5.73 Å². The van der Waals surface area contributed by atoms with Gasteiger partial charge in [-0.15, -0.1) is 37.2 Å². The summed E-state index contributed by atoms with van der Waals surface area (Å²) in [5, 5.41) is 13.9. The molecule has 3 N–H and O–H groups in total. The molecule has 0 atom stereocenters. The van der Waals surface area contributed by atoms with Crippen molar-refractivity contribution in [2.24, 2.45) is 0 Å². The Bertz CT molecular complexity index is 887. The van der Waals surface area contributed by atoms with E-state index in [0.29, 0.717) is 17.1 Å². The predicted molar refractivity (Wildman–Crippen MR) is 109 cm³/mol. The quantitative estimate of drug-likeness (QED) is 0.492. The van der Waals surface area contributed by atoms with Crippen LogP contribution in [0.4, 0.5) is 17.3 Å². The van der Waals surface area contributed by atoms with Crippen molar-refractivity contribution in [1.82, 2.24) is 14.5 Å². The molecule has 3 rings (SSSR count). The molecule has 3 aromatic rings. The van der Waals surface area contributed by atoms with Crippen molar-refractivity contribution in [3.8, 4) is 17.1 Å². The van der Waals surface area contributed by atoms with E-state index >= 15 is 0 Å². The molecule has 2 aromatic heterocycles. The maximum Gasteiger partial charge on any atom is 0.270 e. The number of nitro groups is 1. The molecule has 0 unspecified atom stereocenters. The summed E-state index contributed by atoms with van der Waals surface area (Å²) in [5.41, 5.74) is 7.85. The Balaban J connectivity index is 0.00000208. The maximum atomic E-state index is 10.9. The average molecular weight is 420 g/mol. The molecule has 8 nitrogen and oxygen atoms in total. The topological polar surface area (TPSA) is 112 Å². The summed E-state index contributed by atoms with van der Waals surface area (Å²) in [5.74, 6) is 0.684. The Morgan fingerprint density at radius 2 is 1.88 bits per heavy atom. The third-order valence-corrected chi connectivity index (χ3v) is 3.33. The predicted octanol–water partition coefficient (Wildman–Crippen LogP) is 3.73. The standard InChI is InChI=1S/C15H14N6O2.3ClH/c1-17-11-5-6-20(9-11)14-8-13(18-15(16)19-14)10-3-2-4-12(7-10)21(22)23;;;/h2-9,17H,1H3,(H2,16,18,19);3*1H. The van der Waals surface area contributed by atoms with Crippen LogP contribution in [0.3, 0.4) is 0 Å². The SMILES string of the molecule is CNc1ccn(-c2cc(-c3cccc([N+](=O)[O-])c3)nc(N)n2)c1.Cl.Cl.Cl. The molecular weight excluding hydrogens is 403 g/mol. The fourth-order valence-corrected chi connectivity index (χ4v) is 2.20. The Labute approximate surface area is 168 Å². The van der Waals surface area contributed by atoms with Crippen LogP contribution < -0.4 is 11.1 Å². The number of nitro benzene ring substituents is 1. The molecule has 0 bridgehead atoms. The molecule has 0 spiro atoms. The largest absolute Gasteiger partial charge is 0.387 e. The summed E-state index contributed by atoms with van der Waals surface area (Å²) in [6.07, 6.45) is 3.70. The fourth-order valence-electron chi connectivity index (χ4n) is 2.20. The van der Waals surface area contributed by atoms with Gasteiger partial charge in [0.2, 0.25) is 5.95 Å². The molecule has 0 saturated carbocycles. The molecule has 0 saturated heterocycles. The maximum absolute atomic E-state index is 10.9. The number of benzene rings is 1. The van der Waals surface area contributed by atoms with Crippen molar-refractivity contribution < 1.29 is 4.92 Å². The Hall–Kier alpha value is -2.55. The van der Waals surface area contributed by atoms with E-state index in [0.717, 1.165) is 5.69 Å². The monoisotopic (exact) mass is 418 g/mol. The number of aromatic nitrogens is 3. The molecule has 0 aliphatic heterocycles. The van der Waals surface area contributed by atoms with Gasteiger partial charge < -0.3 is 15.6 Å². The average Bonchev–Trinajstić information content (AvgIpc) is 3.03. The van der Waals surface area contributed by atoms with Gasteiger partial charge in [0.25, 0.3) is 5.69 Å². The van der Waals surface area contributed by atoms with Crippen LogP contribution in [0.25, 0.3) is 17.1 Å². The molecule has 1 aromatic carbocycles. The first-order valence-electron chi connectivity index (χ1n) is 6.82. The first-order chi connectivity index (χ1) is 11.1. The van der Waals surface area contributed by atoms with Crippen LogP contribution in [0.15, 0.2) is 48.8 Å². The van der Waals surface area contributed by atoms with Crippen molar-refractivity contribution in [3.05, 3.63) is 58.9 Å². The number of rotatable bonds is 4. The molecule has 0 aliphatic rings. The number of hydrogen-bond acceptors (Lipinski definition) is 6. The Morgan fingerprint density at radius 3 is 2.50 bits per heavy atom. The first-order valence-corrected chi connectivity index (χ1v) is 6.82. The number of anilines is 2. The number of nitrogens with one attached hydrogen (secondary N) is 1. The Kier molecular flexibility index (Phi) is 8.85. The zero-order valence-electron chi connectivity index (χ0n) is 13.5. The first kappa shape index (κ1) is 23.4. The van der Waals surface area contributed by atoms with Crippen molar-refractivity contribution in [3.63, 3.8) is 0 Å². The number of hydrogen-bond donors (Lipinski definition) is 2. The van der Waals surface area contributed by atoms with Gasteiger partial charge in [-0.2, -0.15) is 4.98 Å². The molecule has 26 heavy (non-hydrogen) atoms. The van der Waals surface area contributed by atoms with Gasteiger partial charge in [-0.1, -0.05) is 12.1 Å². The lowest BCUT2D eigenvalue weighted by molar-refractivity contribution is -0.384. The van der Waals surface area contributed by atoms with Crippen molar-refractivity contribution in [2.75, 3.05) is 18.1 Å². The molecule has 11 heteroatoms.